The number of nitrogens with one attached hydrogen (secondary N) is 2. The highest BCUT2D eigenvalue weighted by molar-refractivity contribution is 5.86. The standard InChI is InChI=1S/C24H35N5O3/c1-28(2)23(30)18-27-24(25-16-19-9-11-20(31-3)12-10-19)26-17-21(22-8-7-15-32-22)29-13-5-4-6-14-29/h7-12,15,21H,4-6,13-14,16-18H2,1-3H3,(H2,25,26,27). The molecule has 1 atom stereocenters. The van der Waals surface area contributed by atoms with Crippen molar-refractivity contribution in [3.8, 4) is 5.75 Å². The van der Waals surface area contributed by atoms with E-state index in [1.54, 1.807) is 32.4 Å². The lowest BCUT2D eigenvalue weighted by molar-refractivity contribution is -0.127. The fourth-order valence-corrected chi connectivity index (χ4v) is 3.71. The van der Waals surface area contributed by atoms with Crippen LogP contribution >= 0.6 is 0 Å². The van der Waals surface area contributed by atoms with Crippen molar-refractivity contribution < 1.29 is 13.9 Å². The van der Waals surface area contributed by atoms with E-state index in [-0.39, 0.29) is 18.5 Å². The van der Waals surface area contributed by atoms with Gasteiger partial charge in [-0.2, -0.15) is 0 Å². The van der Waals surface area contributed by atoms with Crippen molar-refractivity contribution >= 4 is 11.9 Å². The van der Waals surface area contributed by atoms with Crippen LogP contribution in [0, 0.1) is 0 Å². The normalized spacial score (nSPS) is 15.8. The summed E-state index contributed by atoms with van der Waals surface area (Å²) >= 11 is 0. The number of methoxy groups -OCH3 is 1. The van der Waals surface area contributed by atoms with Gasteiger partial charge in [0.15, 0.2) is 5.96 Å². The number of hydrogen-bond donors (Lipinski definition) is 2. The van der Waals surface area contributed by atoms with Crippen LogP contribution in [0.2, 0.25) is 0 Å². The first kappa shape index (κ1) is 23.7. The Bertz CT molecular complexity index is 843. The molecule has 0 aliphatic carbocycles. The molecule has 8 heteroatoms. The van der Waals surface area contributed by atoms with Gasteiger partial charge in [-0.15, -0.1) is 0 Å². The first-order valence-corrected chi connectivity index (χ1v) is 11.2. The third-order valence-corrected chi connectivity index (χ3v) is 5.65. The van der Waals surface area contributed by atoms with Gasteiger partial charge in [-0.3, -0.25) is 9.69 Å². The molecule has 1 aliphatic rings. The summed E-state index contributed by atoms with van der Waals surface area (Å²) in [6, 6.07) is 11.9. The van der Waals surface area contributed by atoms with Crippen LogP contribution in [0.3, 0.4) is 0 Å². The molecule has 2 heterocycles. The number of likely N-dealkylation sites (N-methyl/N-ethyl adjacent to an activating group) is 1. The Kier molecular flexibility index (Phi) is 8.98. The number of carbonyl (C=O) groups is 1. The van der Waals surface area contributed by atoms with Gasteiger partial charge in [-0.05, 0) is 55.8 Å². The predicted octanol–water partition coefficient (Wildman–Crippen LogP) is 2.64. The van der Waals surface area contributed by atoms with Crippen molar-refractivity contribution in [2.24, 2.45) is 4.99 Å². The van der Waals surface area contributed by atoms with Gasteiger partial charge in [-0.1, -0.05) is 18.6 Å². The molecular weight excluding hydrogens is 406 g/mol. The number of hydrogen-bond acceptors (Lipinski definition) is 5. The molecular formula is C24H35N5O3. The zero-order valence-electron chi connectivity index (χ0n) is 19.3. The van der Waals surface area contributed by atoms with Gasteiger partial charge in [0.05, 0.1) is 32.5 Å². The Labute approximate surface area is 190 Å². The average molecular weight is 442 g/mol. The Morgan fingerprint density at radius 1 is 1.16 bits per heavy atom. The van der Waals surface area contributed by atoms with Crippen molar-refractivity contribution in [2.45, 2.75) is 31.8 Å². The maximum atomic E-state index is 12.1. The molecule has 174 valence electrons. The van der Waals surface area contributed by atoms with Gasteiger partial charge in [0, 0.05) is 20.6 Å². The number of aliphatic imine (C=N–C) groups is 1. The first-order chi connectivity index (χ1) is 15.6. The van der Waals surface area contributed by atoms with Gasteiger partial charge in [-0.25, -0.2) is 4.99 Å². The molecule has 1 saturated heterocycles. The smallest absolute Gasteiger partial charge is 0.241 e. The van der Waals surface area contributed by atoms with E-state index in [1.165, 1.54) is 19.3 Å². The summed E-state index contributed by atoms with van der Waals surface area (Å²) in [5.74, 6) is 2.35. The fourth-order valence-electron chi connectivity index (χ4n) is 3.71. The van der Waals surface area contributed by atoms with Crippen LogP contribution in [0.25, 0.3) is 0 Å². The first-order valence-electron chi connectivity index (χ1n) is 11.2. The number of furan rings is 1. The van der Waals surface area contributed by atoms with Gasteiger partial charge >= 0.3 is 0 Å². The number of carbonyl (C=O) groups excluding carboxylic acids is 1. The van der Waals surface area contributed by atoms with Gasteiger partial charge in [0.25, 0.3) is 0 Å². The molecule has 0 saturated carbocycles. The highest BCUT2D eigenvalue weighted by Gasteiger charge is 2.24. The third kappa shape index (κ3) is 7.02. The van der Waals surface area contributed by atoms with Gasteiger partial charge in [0.1, 0.15) is 11.5 Å². The van der Waals surface area contributed by atoms with Crippen LogP contribution in [0.1, 0.15) is 36.6 Å². The van der Waals surface area contributed by atoms with Crippen molar-refractivity contribution in [3.05, 3.63) is 54.0 Å². The molecule has 2 aromatic rings. The maximum absolute atomic E-state index is 12.1. The minimum Gasteiger partial charge on any atom is -0.497 e. The highest BCUT2D eigenvalue weighted by Crippen LogP contribution is 2.24. The van der Waals surface area contributed by atoms with Crippen molar-refractivity contribution in [2.75, 3.05) is 47.4 Å². The lowest BCUT2D eigenvalue weighted by Gasteiger charge is -2.33. The van der Waals surface area contributed by atoms with E-state index >= 15 is 0 Å². The molecule has 1 unspecified atom stereocenters. The van der Waals surface area contributed by atoms with E-state index in [1.807, 2.05) is 36.4 Å². The average Bonchev–Trinajstić information content (AvgIpc) is 3.35. The van der Waals surface area contributed by atoms with Crippen LogP contribution in [0.15, 0.2) is 52.1 Å². The number of nitrogens with zero attached hydrogens (tertiary/aromatic N) is 3. The number of ether oxygens (including phenoxy) is 1. The Balaban J connectivity index is 1.69. The lowest BCUT2D eigenvalue weighted by Crippen LogP contribution is -2.46. The monoisotopic (exact) mass is 441 g/mol. The summed E-state index contributed by atoms with van der Waals surface area (Å²) in [7, 11) is 5.14. The predicted molar refractivity (Wildman–Crippen MR) is 126 cm³/mol. The zero-order valence-corrected chi connectivity index (χ0v) is 19.3. The Morgan fingerprint density at radius 3 is 2.53 bits per heavy atom. The summed E-state index contributed by atoms with van der Waals surface area (Å²) in [4.78, 5) is 20.8. The molecule has 1 aromatic carbocycles. The molecule has 1 aromatic heterocycles. The van der Waals surface area contributed by atoms with Gasteiger partial charge in [0.2, 0.25) is 5.91 Å². The number of likely N-dealkylation sites (tertiary alicyclic amines) is 1. The zero-order chi connectivity index (χ0) is 22.8. The molecule has 1 fully saturated rings. The minimum atomic E-state index is -0.0115. The van der Waals surface area contributed by atoms with E-state index in [4.69, 9.17) is 14.1 Å². The molecule has 0 spiro atoms. The minimum absolute atomic E-state index is 0.0115. The van der Waals surface area contributed by atoms with E-state index in [0.29, 0.717) is 19.0 Å². The van der Waals surface area contributed by atoms with E-state index < -0.39 is 0 Å². The molecule has 3 rings (SSSR count). The second-order valence-corrected chi connectivity index (χ2v) is 8.16. The number of guanidine groups is 1. The Hall–Kier alpha value is -3.00. The fraction of sp³-hybridized carbons (Fsp3) is 0.500. The molecule has 1 amide bonds. The molecule has 1 aliphatic heterocycles. The van der Waals surface area contributed by atoms with Crippen LogP contribution in [0.4, 0.5) is 0 Å². The lowest BCUT2D eigenvalue weighted by atomic mass is 10.1. The molecule has 32 heavy (non-hydrogen) atoms. The number of rotatable bonds is 9. The van der Waals surface area contributed by atoms with Crippen molar-refractivity contribution in [1.29, 1.82) is 0 Å². The van der Waals surface area contributed by atoms with Crippen LogP contribution in [-0.2, 0) is 11.3 Å². The van der Waals surface area contributed by atoms with Crippen LogP contribution in [0.5, 0.6) is 5.75 Å². The van der Waals surface area contributed by atoms with E-state index in [0.717, 1.165) is 30.2 Å². The number of benzene rings is 1. The van der Waals surface area contributed by atoms with Crippen molar-refractivity contribution in [3.63, 3.8) is 0 Å². The number of piperidine rings is 1. The topological polar surface area (TPSA) is 82.3 Å². The largest absolute Gasteiger partial charge is 0.497 e. The molecule has 0 radical (unpaired) electrons. The summed E-state index contributed by atoms with van der Waals surface area (Å²) < 4.78 is 11.0. The summed E-state index contributed by atoms with van der Waals surface area (Å²) in [6.07, 6.45) is 5.40. The second-order valence-electron chi connectivity index (χ2n) is 8.16. The summed E-state index contributed by atoms with van der Waals surface area (Å²) in [5, 5.41) is 6.61. The second kappa shape index (κ2) is 12.1. The summed E-state index contributed by atoms with van der Waals surface area (Å²) in [6.45, 7) is 3.41. The van der Waals surface area contributed by atoms with E-state index in [9.17, 15) is 4.79 Å². The molecule has 8 nitrogen and oxygen atoms in total. The van der Waals surface area contributed by atoms with Crippen LogP contribution < -0.4 is 15.4 Å². The molecule has 0 bridgehead atoms. The SMILES string of the molecule is COc1ccc(CN=C(NCC(=O)N(C)C)NCC(c2ccco2)N2CCCCC2)cc1. The maximum Gasteiger partial charge on any atom is 0.241 e. The molecule has 2 N–H and O–H groups in total. The third-order valence-electron chi connectivity index (χ3n) is 5.65. The highest BCUT2D eigenvalue weighted by atomic mass is 16.5. The van der Waals surface area contributed by atoms with Gasteiger partial charge < -0.3 is 24.7 Å². The Morgan fingerprint density at radius 2 is 1.91 bits per heavy atom. The summed E-state index contributed by atoms with van der Waals surface area (Å²) in [5.41, 5.74) is 1.06. The quantitative estimate of drug-likeness (QED) is 0.460. The van der Waals surface area contributed by atoms with Crippen LogP contribution in [-0.4, -0.2) is 69.1 Å². The van der Waals surface area contributed by atoms with E-state index in [2.05, 4.69) is 15.5 Å². The van der Waals surface area contributed by atoms with Crippen molar-refractivity contribution in [1.82, 2.24) is 20.4 Å². The number of amides is 1.